The summed E-state index contributed by atoms with van der Waals surface area (Å²) in [4.78, 5) is 15.0. The van der Waals surface area contributed by atoms with Crippen molar-refractivity contribution in [3.8, 4) is 0 Å². The van der Waals surface area contributed by atoms with Gasteiger partial charge in [-0.25, -0.2) is 4.68 Å². The Hall–Kier alpha value is -2.99. The molecular formula is C23H27N5O. The predicted octanol–water partition coefficient (Wildman–Crippen LogP) is 3.24. The molecule has 2 aromatic carbocycles. The van der Waals surface area contributed by atoms with Crippen LogP contribution in [0.25, 0.3) is 0 Å². The van der Waals surface area contributed by atoms with E-state index < -0.39 is 0 Å². The number of hydrogen-bond donors (Lipinski definition) is 1. The SMILES string of the molecule is O=C(NCc1ccccc1CN1CCCCC1)c1cn(Cc2ccccc2)nn1. The van der Waals surface area contributed by atoms with Gasteiger partial charge < -0.3 is 5.32 Å². The molecule has 1 aliphatic rings. The van der Waals surface area contributed by atoms with Crippen LogP contribution >= 0.6 is 0 Å². The van der Waals surface area contributed by atoms with Crippen LogP contribution in [-0.2, 0) is 19.6 Å². The second-order valence-corrected chi connectivity index (χ2v) is 7.58. The molecule has 0 aliphatic carbocycles. The third kappa shape index (κ3) is 5.29. The minimum atomic E-state index is -0.197. The Morgan fingerprint density at radius 1 is 0.897 bits per heavy atom. The van der Waals surface area contributed by atoms with Gasteiger partial charge in [0.1, 0.15) is 0 Å². The number of nitrogens with zero attached hydrogens (tertiary/aromatic N) is 4. The van der Waals surface area contributed by atoms with Crippen LogP contribution in [0.2, 0.25) is 0 Å². The van der Waals surface area contributed by atoms with Gasteiger partial charge in [0.25, 0.3) is 5.91 Å². The maximum absolute atomic E-state index is 12.5. The second kappa shape index (κ2) is 9.47. The summed E-state index contributed by atoms with van der Waals surface area (Å²) in [6.45, 7) is 4.35. The largest absolute Gasteiger partial charge is 0.347 e. The van der Waals surface area contributed by atoms with E-state index in [4.69, 9.17) is 0 Å². The van der Waals surface area contributed by atoms with E-state index in [1.165, 1.54) is 24.8 Å². The summed E-state index contributed by atoms with van der Waals surface area (Å²) in [7, 11) is 0. The first-order valence-electron chi connectivity index (χ1n) is 10.3. The topological polar surface area (TPSA) is 63.1 Å². The fourth-order valence-electron chi connectivity index (χ4n) is 3.76. The van der Waals surface area contributed by atoms with Gasteiger partial charge in [-0.2, -0.15) is 0 Å². The van der Waals surface area contributed by atoms with Crippen molar-refractivity contribution in [2.45, 2.75) is 38.9 Å². The first kappa shape index (κ1) is 19.3. The van der Waals surface area contributed by atoms with E-state index in [2.05, 4.69) is 38.7 Å². The van der Waals surface area contributed by atoms with E-state index in [9.17, 15) is 4.79 Å². The predicted molar refractivity (Wildman–Crippen MR) is 112 cm³/mol. The Morgan fingerprint density at radius 3 is 2.41 bits per heavy atom. The van der Waals surface area contributed by atoms with Crippen molar-refractivity contribution in [2.24, 2.45) is 0 Å². The lowest BCUT2D eigenvalue weighted by molar-refractivity contribution is 0.0945. The Bertz CT molecular complexity index is 931. The molecule has 2 heterocycles. The van der Waals surface area contributed by atoms with E-state index in [1.54, 1.807) is 10.9 Å². The van der Waals surface area contributed by atoms with E-state index >= 15 is 0 Å². The molecule has 6 nitrogen and oxygen atoms in total. The molecule has 1 saturated heterocycles. The molecule has 0 bridgehead atoms. The fraction of sp³-hybridized carbons (Fsp3) is 0.348. The maximum Gasteiger partial charge on any atom is 0.273 e. The minimum Gasteiger partial charge on any atom is -0.347 e. The van der Waals surface area contributed by atoms with Crippen molar-refractivity contribution in [3.05, 3.63) is 83.2 Å². The number of carbonyl (C=O) groups is 1. The van der Waals surface area contributed by atoms with Crippen LogP contribution in [-0.4, -0.2) is 38.9 Å². The van der Waals surface area contributed by atoms with Crippen molar-refractivity contribution in [2.75, 3.05) is 13.1 Å². The summed E-state index contributed by atoms with van der Waals surface area (Å²) in [5.41, 5.74) is 3.90. The average molecular weight is 390 g/mol. The zero-order valence-corrected chi connectivity index (χ0v) is 16.6. The summed E-state index contributed by atoms with van der Waals surface area (Å²) in [6.07, 6.45) is 5.58. The van der Waals surface area contributed by atoms with Gasteiger partial charge in [0.05, 0.1) is 12.7 Å². The number of hydrogen-bond acceptors (Lipinski definition) is 4. The van der Waals surface area contributed by atoms with Gasteiger partial charge in [0.15, 0.2) is 5.69 Å². The van der Waals surface area contributed by atoms with Gasteiger partial charge >= 0.3 is 0 Å². The molecule has 0 atom stereocenters. The van der Waals surface area contributed by atoms with Crippen molar-refractivity contribution in [1.82, 2.24) is 25.2 Å². The molecule has 0 unspecified atom stereocenters. The third-order valence-electron chi connectivity index (χ3n) is 5.36. The van der Waals surface area contributed by atoms with Crippen LogP contribution in [0.3, 0.4) is 0 Å². The van der Waals surface area contributed by atoms with E-state index in [0.717, 1.165) is 30.8 Å². The lowest BCUT2D eigenvalue weighted by Gasteiger charge is -2.27. The third-order valence-corrected chi connectivity index (χ3v) is 5.36. The number of nitrogens with one attached hydrogen (secondary N) is 1. The van der Waals surface area contributed by atoms with Crippen LogP contribution in [0.15, 0.2) is 60.8 Å². The van der Waals surface area contributed by atoms with Gasteiger partial charge in [-0.15, -0.1) is 5.10 Å². The summed E-state index contributed by atoms with van der Waals surface area (Å²) < 4.78 is 1.69. The number of piperidine rings is 1. The normalized spacial score (nSPS) is 14.6. The zero-order chi connectivity index (χ0) is 19.9. The Kier molecular flexibility index (Phi) is 6.32. The highest BCUT2D eigenvalue weighted by atomic mass is 16.2. The van der Waals surface area contributed by atoms with Gasteiger partial charge in [0, 0.05) is 13.1 Å². The standard InChI is InChI=1S/C23H27N5O/c29-23(22-18-28(26-25-22)16-19-9-3-1-4-10-19)24-15-20-11-5-6-12-21(20)17-27-13-7-2-8-14-27/h1,3-6,9-12,18H,2,7-8,13-17H2,(H,24,29). The average Bonchev–Trinajstić information content (AvgIpc) is 3.23. The summed E-state index contributed by atoms with van der Waals surface area (Å²) in [5, 5.41) is 11.1. The first-order valence-corrected chi connectivity index (χ1v) is 10.3. The van der Waals surface area contributed by atoms with E-state index in [-0.39, 0.29) is 5.91 Å². The van der Waals surface area contributed by atoms with Gasteiger partial charge in [0.2, 0.25) is 0 Å². The highest BCUT2D eigenvalue weighted by Gasteiger charge is 2.14. The second-order valence-electron chi connectivity index (χ2n) is 7.58. The van der Waals surface area contributed by atoms with Crippen molar-refractivity contribution in [3.63, 3.8) is 0 Å². The molecular weight excluding hydrogens is 362 g/mol. The molecule has 0 spiro atoms. The molecule has 0 saturated carbocycles. The number of aromatic nitrogens is 3. The number of benzene rings is 2. The lowest BCUT2D eigenvalue weighted by Crippen LogP contribution is -2.30. The molecule has 6 heteroatoms. The van der Waals surface area contributed by atoms with Gasteiger partial charge in [-0.3, -0.25) is 9.69 Å². The van der Waals surface area contributed by atoms with Crippen LogP contribution < -0.4 is 5.32 Å². The quantitative estimate of drug-likeness (QED) is 0.674. The summed E-state index contributed by atoms with van der Waals surface area (Å²) >= 11 is 0. The molecule has 1 N–H and O–H groups in total. The number of carbonyl (C=O) groups excluding carboxylic acids is 1. The van der Waals surface area contributed by atoms with Crippen LogP contribution in [0, 0.1) is 0 Å². The summed E-state index contributed by atoms with van der Waals surface area (Å²) in [6, 6.07) is 18.4. The highest BCUT2D eigenvalue weighted by Crippen LogP contribution is 2.16. The molecule has 4 rings (SSSR count). The number of amides is 1. The van der Waals surface area contributed by atoms with Crippen molar-refractivity contribution >= 4 is 5.91 Å². The van der Waals surface area contributed by atoms with Crippen LogP contribution in [0.1, 0.15) is 46.4 Å². The molecule has 29 heavy (non-hydrogen) atoms. The van der Waals surface area contributed by atoms with E-state index in [0.29, 0.717) is 18.8 Å². The van der Waals surface area contributed by atoms with Crippen molar-refractivity contribution < 1.29 is 4.79 Å². The zero-order valence-electron chi connectivity index (χ0n) is 16.6. The molecule has 0 radical (unpaired) electrons. The molecule has 3 aromatic rings. The molecule has 1 amide bonds. The van der Waals surface area contributed by atoms with Crippen molar-refractivity contribution in [1.29, 1.82) is 0 Å². The first-order chi connectivity index (χ1) is 14.3. The number of rotatable bonds is 7. The van der Waals surface area contributed by atoms with Crippen LogP contribution in [0.5, 0.6) is 0 Å². The smallest absolute Gasteiger partial charge is 0.273 e. The van der Waals surface area contributed by atoms with Crippen LogP contribution in [0.4, 0.5) is 0 Å². The Balaban J connectivity index is 1.35. The molecule has 1 aromatic heterocycles. The minimum absolute atomic E-state index is 0.197. The maximum atomic E-state index is 12.5. The highest BCUT2D eigenvalue weighted by molar-refractivity contribution is 5.91. The van der Waals surface area contributed by atoms with Gasteiger partial charge in [-0.05, 0) is 42.6 Å². The Labute approximate surface area is 171 Å². The Morgan fingerprint density at radius 2 is 1.62 bits per heavy atom. The lowest BCUT2D eigenvalue weighted by atomic mass is 10.0. The monoisotopic (exact) mass is 389 g/mol. The van der Waals surface area contributed by atoms with Gasteiger partial charge in [-0.1, -0.05) is 66.2 Å². The fourth-order valence-corrected chi connectivity index (χ4v) is 3.76. The molecule has 1 fully saturated rings. The van der Waals surface area contributed by atoms with E-state index in [1.807, 2.05) is 36.4 Å². The molecule has 150 valence electrons. The summed E-state index contributed by atoms with van der Waals surface area (Å²) in [5.74, 6) is -0.197. The molecule has 1 aliphatic heterocycles. The number of likely N-dealkylation sites (tertiary alicyclic amines) is 1.